The van der Waals surface area contributed by atoms with E-state index in [0.717, 1.165) is 18.8 Å². The highest BCUT2D eigenvalue weighted by atomic mass is 32.1. The van der Waals surface area contributed by atoms with E-state index in [1.165, 1.54) is 21.6 Å². The van der Waals surface area contributed by atoms with Crippen molar-refractivity contribution in [3.05, 3.63) is 101 Å². The van der Waals surface area contributed by atoms with Crippen molar-refractivity contribution in [3.63, 3.8) is 0 Å². The average Bonchev–Trinajstić information content (AvgIpc) is 3.37. The predicted molar refractivity (Wildman–Crippen MR) is 113 cm³/mol. The van der Waals surface area contributed by atoms with Crippen LogP contribution in [0.15, 0.2) is 84.4 Å². The van der Waals surface area contributed by atoms with Crippen molar-refractivity contribution in [2.45, 2.75) is 26.1 Å². The molecule has 0 amide bonds. The molecule has 4 aromatic rings. The molecule has 0 aliphatic rings. The third-order valence-corrected chi connectivity index (χ3v) is 5.55. The first kappa shape index (κ1) is 17.7. The van der Waals surface area contributed by atoms with Crippen LogP contribution in [-0.2, 0) is 13.1 Å². The second-order valence-electron chi connectivity index (χ2n) is 6.68. The normalized spacial score (nSPS) is 12.2. The maximum Gasteiger partial charge on any atom is 0.107 e. The van der Waals surface area contributed by atoms with E-state index in [0.29, 0.717) is 6.04 Å². The Morgan fingerprint density at radius 1 is 0.963 bits per heavy atom. The summed E-state index contributed by atoms with van der Waals surface area (Å²) in [6.45, 7) is 3.78. The fourth-order valence-electron chi connectivity index (χ4n) is 3.19. The fraction of sp³-hybridized carbons (Fsp3) is 0.174. The highest BCUT2D eigenvalue weighted by Gasteiger charge is 2.14. The molecule has 4 heteroatoms. The topological polar surface area (TPSA) is 29.9 Å². The van der Waals surface area contributed by atoms with Crippen molar-refractivity contribution in [3.8, 4) is 10.6 Å². The van der Waals surface area contributed by atoms with Gasteiger partial charge in [0.15, 0.2) is 0 Å². The Morgan fingerprint density at radius 2 is 1.70 bits per heavy atom. The molecule has 2 aromatic heterocycles. The number of thiophene rings is 1. The molecule has 4 rings (SSSR count). The molecule has 0 saturated carbocycles. The zero-order chi connectivity index (χ0) is 18.5. The smallest absolute Gasteiger partial charge is 0.107 e. The minimum Gasteiger partial charge on any atom is -0.306 e. The third-order valence-electron chi connectivity index (χ3n) is 4.68. The molecule has 0 bridgehead atoms. The van der Waals surface area contributed by atoms with E-state index in [1.54, 1.807) is 11.3 Å². The average molecular weight is 374 g/mol. The SMILES string of the molecule is C[C@@H](NCc1cn(Cc2ccccc2)nc1-c1cccs1)c1ccccc1. The van der Waals surface area contributed by atoms with Gasteiger partial charge in [0.2, 0.25) is 0 Å². The number of benzene rings is 2. The fourth-order valence-corrected chi connectivity index (χ4v) is 3.93. The number of hydrogen-bond donors (Lipinski definition) is 1. The molecule has 0 unspecified atom stereocenters. The van der Waals surface area contributed by atoms with Crippen molar-refractivity contribution in [2.24, 2.45) is 0 Å². The van der Waals surface area contributed by atoms with Crippen LogP contribution in [0.1, 0.15) is 29.7 Å². The van der Waals surface area contributed by atoms with E-state index in [4.69, 9.17) is 5.10 Å². The van der Waals surface area contributed by atoms with Crippen LogP contribution in [0.2, 0.25) is 0 Å². The number of nitrogens with one attached hydrogen (secondary N) is 1. The Balaban J connectivity index is 1.55. The number of hydrogen-bond acceptors (Lipinski definition) is 3. The minimum absolute atomic E-state index is 0.292. The Morgan fingerprint density at radius 3 is 2.41 bits per heavy atom. The standard InChI is InChI=1S/C23H23N3S/c1-18(20-11-6-3-7-12-20)24-15-21-17-26(16-19-9-4-2-5-10-19)25-23(21)22-13-8-14-27-22/h2-14,17-18,24H,15-16H2,1H3/t18-/m1/s1. The predicted octanol–water partition coefficient (Wildman–Crippen LogP) is 5.51. The van der Waals surface area contributed by atoms with E-state index in [1.807, 2.05) is 6.07 Å². The van der Waals surface area contributed by atoms with Crippen molar-refractivity contribution in [1.82, 2.24) is 15.1 Å². The van der Waals surface area contributed by atoms with Gasteiger partial charge in [0.25, 0.3) is 0 Å². The van der Waals surface area contributed by atoms with Gasteiger partial charge in [-0.3, -0.25) is 4.68 Å². The van der Waals surface area contributed by atoms with E-state index in [2.05, 4.69) is 95.2 Å². The molecule has 0 aliphatic heterocycles. The zero-order valence-corrected chi connectivity index (χ0v) is 16.2. The molecular weight excluding hydrogens is 350 g/mol. The Hall–Kier alpha value is -2.69. The van der Waals surface area contributed by atoms with Gasteiger partial charge in [0.05, 0.1) is 11.4 Å². The monoisotopic (exact) mass is 373 g/mol. The van der Waals surface area contributed by atoms with Crippen LogP contribution >= 0.6 is 11.3 Å². The van der Waals surface area contributed by atoms with Crippen LogP contribution in [0, 0.1) is 0 Å². The van der Waals surface area contributed by atoms with Gasteiger partial charge in [0.1, 0.15) is 5.69 Å². The molecule has 1 atom stereocenters. The van der Waals surface area contributed by atoms with E-state index in [-0.39, 0.29) is 0 Å². The van der Waals surface area contributed by atoms with Gasteiger partial charge < -0.3 is 5.32 Å². The summed E-state index contributed by atoms with van der Waals surface area (Å²) in [6.07, 6.45) is 2.17. The molecule has 2 heterocycles. The van der Waals surface area contributed by atoms with Crippen LogP contribution in [0.3, 0.4) is 0 Å². The first-order valence-electron chi connectivity index (χ1n) is 9.22. The van der Waals surface area contributed by atoms with Crippen LogP contribution in [-0.4, -0.2) is 9.78 Å². The molecule has 3 nitrogen and oxygen atoms in total. The second kappa shape index (κ2) is 8.33. The third kappa shape index (κ3) is 4.35. The summed E-state index contributed by atoms with van der Waals surface area (Å²) in [5, 5.41) is 10.6. The summed E-state index contributed by atoms with van der Waals surface area (Å²) in [5.74, 6) is 0. The molecule has 0 spiro atoms. The van der Waals surface area contributed by atoms with Crippen LogP contribution in [0.25, 0.3) is 10.6 Å². The molecular formula is C23H23N3S. The maximum atomic E-state index is 4.89. The quantitative estimate of drug-likeness (QED) is 0.463. The van der Waals surface area contributed by atoms with Gasteiger partial charge in [-0.25, -0.2) is 0 Å². The van der Waals surface area contributed by atoms with Gasteiger partial charge in [-0.15, -0.1) is 11.3 Å². The molecule has 0 aliphatic carbocycles. The minimum atomic E-state index is 0.292. The zero-order valence-electron chi connectivity index (χ0n) is 15.4. The van der Waals surface area contributed by atoms with Crippen molar-refractivity contribution >= 4 is 11.3 Å². The van der Waals surface area contributed by atoms with Crippen molar-refractivity contribution in [1.29, 1.82) is 0 Å². The molecule has 0 saturated heterocycles. The number of nitrogens with zero attached hydrogens (tertiary/aromatic N) is 2. The summed E-state index contributed by atoms with van der Waals surface area (Å²) in [7, 11) is 0. The van der Waals surface area contributed by atoms with E-state index < -0.39 is 0 Å². The van der Waals surface area contributed by atoms with Crippen LogP contribution < -0.4 is 5.32 Å². The first-order valence-corrected chi connectivity index (χ1v) is 10.1. The van der Waals surface area contributed by atoms with Gasteiger partial charge >= 0.3 is 0 Å². The van der Waals surface area contributed by atoms with Gasteiger partial charge in [-0.1, -0.05) is 66.7 Å². The summed E-state index contributed by atoms with van der Waals surface area (Å²) in [6, 6.07) is 25.5. The lowest BCUT2D eigenvalue weighted by Gasteiger charge is -2.14. The highest BCUT2D eigenvalue weighted by Crippen LogP contribution is 2.27. The van der Waals surface area contributed by atoms with E-state index >= 15 is 0 Å². The summed E-state index contributed by atoms with van der Waals surface area (Å²) < 4.78 is 2.05. The number of rotatable bonds is 7. The van der Waals surface area contributed by atoms with Crippen molar-refractivity contribution in [2.75, 3.05) is 0 Å². The molecule has 27 heavy (non-hydrogen) atoms. The lowest BCUT2D eigenvalue weighted by atomic mass is 10.1. The Bertz CT molecular complexity index is 960. The molecule has 1 N–H and O–H groups in total. The molecule has 2 aromatic carbocycles. The second-order valence-corrected chi connectivity index (χ2v) is 7.62. The molecule has 0 fully saturated rings. The maximum absolute atomic E-state index is 4.89. The molecule has 136 valence electrons. The summed E-state index contributed by atoms with van der Waals surface area (Å²) >= 11 is 1.74. The largest absolute Gasteiger partial charge is 0.306 e. The lowest BCUT2D eigenvalue weighted by molar-refractivity contribution is 0.574. The number of aromatic nitrogens is 2. The van der Waals surface area contributed by atoms with Gasteiger partial charge in [-0.05, 0) is 29.5 Å². The Kier molecular flexibility index (Phi) is 5.47. The lowest BCUT2D eigenvalue weighted by Crippen LogP contribution is -2.18. The van der Waals surface area contributed by atoms with Gasteiger partial charge in [-0.2, -0.15) is 5.10 Å². The van der Waals surface area contributed by atoms with Crippen LogP contribution in [0.4, 0.5) is 0 Å². The highest BCUT2D eigenvalue weighted by molar-refractivity contribution is 7.13. The van der Waals surface area contributed by atoms with E-state index in [9.17, 15) is 0 Å². The summed E-state index contributed by atoms with van der Waals surface area (Å²) in [4.78, 5) is 1.21. The molecule has 0 radical (unpaired) electrons. The van der Waals surface area contributed by atoms with Gasteiger partial charge in [0, 0.05) is 24.3 Å². The summed E-state index contributed by atoms with van der Waals surface area (Å²) in [5.41, 5.74) is 4.87. The first-order chi connectivity index (χ1) is 13.3. The Labute approximate surface area is 164 Å². The van der Waals surface area contributed by atoms with Crippen LogP contribution in [0.5, 0.6) is 0 Å². The van der Waals surface area contributed by atoms with Crippen molar-refractivity contribution < 1.29 is 0 Å².